The number of hydrogen-bond donors (Lipinski definition) is 1. The van der Waals surface area contributed by atoms with Gasteiger partial charge in [0.1, 0.15) is 5.82 Å². The minimum atomic E-state index is -0.339. The van der Waals surface area contributed by atoms with E-state index in [2.05, 4.69) is 0 Å². The van der Waals surface area contributed by atoms with Crippen LogP contribution in [0.1, 0.15) is 19.4 Å². The van der Waals surface area contributed by atoms with Gasteiger partial charge in [-0.25, -0.2) is 4.39 Å². The van der Waals surface area contributed by atoms with E-state index in [0.717, 1.165) is 0 Å². The summed E-state index contributed by atoms with van der Waals surface area (Å²) in [6.45, 7) is 4.21. The van der Waals surface area contributed by atoms with Crippen molar-refractivity contribution in [3.63, 3.8) is 0 Å². The van der Waals surface area contributed by atoms with Gasteiger partial charge in [-0.1, -0.05) is 31.5 Å². The van der Waals surface area contributed by atoms with Crippen LogP contribution >= 0.6 is 11.6 Å². The average molecular weight is 202 g/mol. The van der Waals surface area contributed by atoms with Gasteiger partial charge in [-0.05, 0) is 17.7 Å². The standard InChI is InChI=1S/C10H13ClFN/c1-10(2,6-13)8-4-3-7(11)5-9(8)12/h3-5H,6,13H2,1-2H3. The molecule has 0 aliphatic rings. The first kappa shape index (κ1) is 10.5. The summed E-state index contributed by atoms with van der Waals surface area (Å²) in [7, 11) is 0. The zero-order valence-electron chi connectivity index (χ0n) is 7.77. The summed E-state index contributed by atoms with van der Waals surface area (Å²) in [6.07, 6.45) is 0. The minimum Gasteiger partial charge on any atom is -0.330 e. The third kappa shape index (κ3) is 2.20. The molecule has 0 radical (unpaired) electrons. The summed E-state index contributed by atoms with van der Waals surface area (Å²) in [6, 6.07) is 4.68. The second-order valence-electron chi connectivity index (χ2n) is 3.71. The quantitative estimate of drug-likeness (QED) is 0.783. The third-order valence-corrected chi connectivity index (χ3v) is 2.41. The van der Waals surface area contributed by atoms with E-state index in [1.807, 2.05) is 13.8 Å². The zero-order valence-corrected chi connectivity index (χ0v) is 8.53. The normalized spacial score (nSPS) is 11.8. The van der Waals surface area contributed by atoms with Gasteiger partial charge >= 0.3 is 0 Å². The smallest absolute Gasteiger partial charge is 0.128 e. The molecule has 0 bridgehead atoms. The van der Waals surface area contributed by atoms with Gasteiger partial charge in [0.2, 0.25) is 0 Å². The summed E-state index contributed by atoms with van der Waals surface area (Å²) < 4.78 is 13.4. The molecule has 0 heterocycles. The maximum Gasteiger partial charge on any atom is 0.128 e. The average Bonchev–Trinajstić information content (AvgIpc) is 2.03. The van der Waals surface area contributed by atoms with Gasteiger partial charge in [-0.3, -0.25) is 0 Å². The summed E-state index contributed by atoms with van der Waals surface area (Å²) in [5.74, 6) is -0.289. The minimum absolute atomic E-state index is 0.289. The van der Waals surface area contributed by atoms with Crippen molar-refractivity contribution in [1.82, 2.24) is 0 Å². The van der Waals surface area contributed by atoms with Gasteiger partial charge in [-0.15, -0.1) is 0 Å². The molecule has 0 aliphatic carbocycles. The van der Waals surface area contributed by atoms with Crippen LogP contribution in [-0.2, 0) is 5.41 Å². The molecule has 0 aromatic heterocycles. The van der Waals surface area contributed by atoms with Gasteiger partial charge in [0.05, 0.1) is 0 Å². The molecule has 1 nitrogen and oxygen atoms in total. The number of nitrogens with two attached hydrogens (primary N) is 1. The van der Waals surface area contributed by atoms with Crippen LogP contribution in [0, 0.1) is 5.82 Å². The molecule has 0 saturated heterocycles. The van der Waals surface area contributed by atoms with E-state index < -0.39 is 0 Å². The lowest BCUT2D eigenvalue weighted by Gasteiger charge is -2.23. The Hall–Kier alpha value is -0.600. The zero-order chi connectivity index (χ0) is 10.1. The largest absolute Gasteiger partial charge is 0.330 e. The molecule has 0 unspecified atom stereocenters. The number of rotatable bonds is 2. The lowest BCUT2D eigenvalue weighted by Crippen LogP contribution is -2.29. The number of halogens is 2. The molecule has 0 fully saturated rings. The van der Waals surface area contributed by atoms with Crippen molar-refractivity contribution in [2.75, 3.05) is 6.54 Å². The highest BCUT2D eigenvalue weighted by atomic mass is 35.5. The van der Waals surface area contributed by atoms with Crippen LogP contribution in [0.4, 0.5) is 4.39 Å². The highest BCUT2D eigenvalue weighted by Gasteiger charge is 2.22. The molecule has 13 heavy (non-hydrogen) atoms. The number of hydrogen-bond acceptors (Lipinski definition) is 1. The fourth-order valence-electron chi connectivity index (χ4n) is 1.15. The van der Waals surface area contributed by atoms with Crippen molar-refractivity contribution in [2.24, 2.45) is 5.73 Å². The molecule has 1 rings (SSSR count). The van der Waals surface area contributed by atoms with E-state index >= 15 is 0 Å². The molecule has 1 aromatic rings. The van der Waals surface area contributed by atoms with Crippen molar-refractivity contribution in [3.8, 4) is 0 Å². The highest BCUT2D eigenvalue weighted by Crippen LogP contribution is 2.26. The Bertz CT molecular complexity index is 310. The predicted octanol–water partition coefficient (Wildman–Crippen LogP) is 2.72. The van der Waals surface area contributed by atoms with Crippen LogP contribution in [-0.4, -0.2) is 6.54 Å². The van der Waals surface area contributed by atoms with Crippen molar-refractivity contribution >= 4 is 11.6 Å². The Morgan fingerprint density at radius 2 is 2.08 bits per heavy atom. The lowest BCUT2D eigenvalue weighted by molar-refractivity contribution is 0.493. The fraction of sp³-hybridized carbons (Fsp3) is 0.400. The Labute approximate surface area is 82.7 Å². The summed E-state index contributed by atoms with van der Waals surface area (Å²) in [5.41, 5.74) is 5.82. The number of benzene rings is 1. The third-order valence-electron chi connectivity index (χ3n) is 2.17. The van der Waals surface area contributed by atoms with E-state index in [1.54, 1.807) is 12.1 Å². The van der Waals surface area contributed by atoms with Crippen LogP contribution in [0.5, 0.6) is 0 Å². The molecular weight excluding hydrogens is 189 g/mol. The second-order valence-corrected chi connectivity index (χ2v) is 4.15. The monoisotopic (exact) mass is 201 g/mol. The SMILES string of the molecule is CC(C)(CN)c1ccc(Cl)cc1F. The van der Waals surface area contributed by atoms with Gasteiger partial charge in [0.15, 0.2) is 0 Å². The van der Waals surface area contributed by atoms with Crippen LogP contribution in [0.2, 0.25) is 5.02 Å². The van der Waals surface area contributed by atoms with Gasteiger partial charge in [0.25, 0.3) is 0 Å². The van der Waals surface area contributed by atoms with E-state index in [-0.39, 0.29) is 11.2 Å². The molecule has 0 amide bonds. The first-order chi connectivity index (χ1) is 5.97. The van der Waals surface area contributed by atoms with E-state index in [4.69, 9.17) is 17.3 Å². The summed E-state index contributed by atoms with van der Waals surface area (Å²) in [4.78, 5) is 0. The van der Waals surface area contributed by atoms with Crippen LogP contribution < -0.4 is 5.73 Å². The van der Waals surface area contributed by atoms with Crippen molar-refractivity contribution in [2.45, 2.75) is 19.3 Å². The summed E-state index contributed by atoms with van der Waals surface area (Å²) in [5, 5.41) is 0.411. The molecule has 0 atom stereocenters. The maximum atomic E-state index is 13.4. The first-order valence-corrected chi connectivity index (χ1v) is 4.51. The molecule has 0 aliphatic heterocycles. The first-order valence-electron chi connectivity index (χ1n) is 4.13. The van der Waals surface area contributed by atoms with Gasteiger partial charge < -0.3 is 5.73 Å². The second kappa shape index (κ2) is 3.64. The molecule has 0 spiro atoms. The van der Waals surface area contributed by atoms with Gasteiger partial charge in [0, 0.05) is 17.0 Å². The van der Waals surface area contributed by atoms with Crippen molar-refractivity contribution < 1.29 is 4.39 Å². The Balaban J connectivity index is 3.16. The van der Waals surface area contributed by atoms with Crippen LogP contribution in [0.25, 0.3) is 0 Å². The van der Waals surface area contributed by atoms with E-state index in [9.17, 15) is 4.39 Å². The molecule has 3 heteroatoms. The highest BCUT2D eigenvalue weighted by molar-refractivity contribution is 6.30. The van der Waals surface area contributed by atoms with E-state index in [1.165, 1.54) is 6.07 Å². The van der Waals surface area contributed by atoms with Crippen LogP contribution in [0.3, 0.4) is 0 Å². The van der Waals surface area contributed by atoms with Crippen molar-refractivity contribution in [1.29, 1.82) is 0 Å². The molecule has 2 N–H and O–H groups in total. The Kier molecular flexibility index (Phi) is 2.94. The van der Waals surface area contributed by atoms with Crippen molar-refractivity contribution in [3.05, 3.63) is 34.6 Å². The van der Waals surface area contributed by atoms with E-state index in [0.29, 0.717) is 17.1 Å². The lowest BCUT2D eigenvalue weighted by atomic mass is 9.84. The Morgan fingerprint density at radius 1 is 1.46 bits per heavy atom. The molecular formula is C10H13ClFN. The Morgan fingerprint density at radius 3 is 2.54 bits per heavy atom. The molecule has 72 valence electrons. The van der Waals surface area contributed by atoms with Gasteiger partial charge in [-0.2, -0.15) is 0 Å². The fourth-order valence-corrected chi connectivity index (χ4v) is 1.31. The topological polar surface area (TPSA) is 26.0 Å². The summed E-state index contributed by atoms with van der Waals surface area (Å²) >= 11 is 5.64. The molecule has 1 aromatic carbocycles. The predicted molar refractivity (Wildman–Crippen MR) is 53.5 cm³/mol. The maximum absolute atomic E-state index is 13.4. The van der Waals surface area contributed by atoms with Crippen LogP contribution in [0.15, 0.2) is 18.2 Å². The molecule has 0 saturated carbocycles.